The Kier molecular flexibility index (Phi) is 3.93. The summed E-state index contributed by atoms with van der Waals surface area (Å²) in [5, 5.41) is 5.96. The highest BCUT2D eigenvalue weighted by atomic mass is 16.2. The molecule has 98 valence electrons. The van der Waals surface area contributed by atoms with Gasteiger partial charge in [0.15, 0.2) is 0 Å². The molecular formula is C11H16N4O3. The molecule has 1 aromatic heterocycles. The van der Waals surface area contributed by atoms with Crippen molar-refractivity contribution in [3.63, 3.8) is 0 Å². The predicted octanol–water partition coefficient (Wildman–Crippen LogP) is -1.21. The van der Waals surface area contributed by atoms with Gasteiger partial charge in [0.25, 0.3) is 11.5 Å². The first-order valence-electron chi connectivity index (χ1n) is 5.98. The van der Waals surface area contributed by atoms with E-state index in [-0.39, 0.29) is 5.56 Å². The Morgan fingerprint density at radius 2 is 2.28 bits per heavy atom. The third kappa shape index (κ3) is 3.07. The highest BCUT2D eigenvalue weighted by Gasteiger charge is 2.16. The molecule has 4 N–H and O–H groups in total. The molecule has 1 aromatic rings. The van der Waals surface area contributed by atoms with Crippen LogP contribution in [0.15, 0.2) is 15.8 Å². The van der Waals surface area contributed by atoms with Crippen molar-refractivity contribution < 1.29 is 4.79 Å². The summed E-state index contributed by atoms with van der Waals surface area (Å²) >= 11 is 0. The number of carbonyl (C=O) groups is 1. The molecule has 2 rings (SSSR count). The van der Waals surface area contributed by atoms with E-state index in [0.29, 0.717) is 12.5 Å². The van der Waals surface area contributed by atoms with E-state index in [1.165, 1.54) is 0 Å². The number of aromatic amines is 2. The molecule has 1 aliphatic rings. The van der Waals surface area contributed by atoms with Crippen LogP contribution in [0.5, 0.6) is 0 Å². The fraction of sp³-hybridized carbons (Fsp3) is 0.545. The average Bonchev–Trinajstić information content (AvgIpc) is 2.37. The van der Waals surface area contributed by atoms with Crippen LogP contribution in [0.1, 0.15) is 23.2 Å². The predicted molar refractivity (Wildman–Crippen MR) is 65.6 cm³/mol. The Balaban J connectivity index is 1.95. The fourth-order valence-electron chi connectivity index (χ4n) is 2.01. The Morgan fingerprint density at radius 3 is 2.94 bits per heavy atom. The van der Waals surface area contributed by atoms with Gasteiger partial charge in [-0.25, -0.2) is 4.79 Å². The summed E-state index contributed by atoms with van der Waals surface area (Å²) in [5.74, 6) is -0.0670. The third-order valence-corrected chi connectivity index (χ3v) is 3.01. The van der Waals surface area contributed by atoms with Crippen molar-refractivity contribution in [1.29, 1.82) is 0 Å². The molecule has 0 spiro atoms. The number of amides is 1. The zero-order valence-electron chi connectivity index (χ0n) is 9.91. The first-order chi connectivity index (χ1) is 8.66. The summed E-state index contributed by atoms with van der Waals surface area (Å²) in [6.45, 7) is 2.43. The molecule has 0 aromatic carbocycles. The van der Waals surface area contributed by atoms with E-state index in [2.05, 4.69) is 15.6 Å². The molecule has 1 atom stereocenters. The molecule has 0 bridgehead atoms. The number of nitrogens with one attached hydrogen (secondary N) is 4. The molecule has 1 aliphatic heterocycles. The lowest BCUT2D eigenvalue weighted by molar-refractivity contribution is 0.0943. The summed E-state index contributed by atoms with van der Waals surface area (Å²) in [6.07, 6.45) is 3.30. The second-order valence-corrected chi connectivity index (χ2v) is 4.41. The van der Waals surface area contributed by atoms with Crippen LogP contribution in [0.2, 0.25) is 0 Å². The van der Waals surface area contributed by atoms with Crippen LogP contribution in [-0.4, -0.2) is 35.5 Å². The fourth-order valence-corrected chi connectivity index (χ4v) is 2.01. The van der Waals surface area contributed by atoms with Gasteiger partial charge in [-0.05, 0) is 31.8 Å². The summed E-state index contributed by atoms with van der Waals surface area (Å²) < 4.78 is 0. The zero-order valence-corrected chi connectivity index (χ0v) is 9.91. The minimum Gasteiger partial charge on any atom is -0.351 e. The molecule has 18 heavy (non-hydrogen) atoms. The van der Waals surface area contributed by atoms with Crippen LogP contribution in [0.25, 0.3) is 0 Å². The molecule has 2 heterocycles. The Morgan fingerprint density at radius 1 is 1.44 bits per heavy atom. The van der Waals surface area contributed by atoms with Crippen molar-refractivity contribution in [1.82, 2.24) is 20.6 Å². The first-order valence-corrected chi connectivity index (χ1v) is 5.98. The van der Waals surface area contributed by atoms with E-state index in [4.69, 9.17) is 0 Å². The van der Waals surface area contributed by atoms with Crippen molar-refractivity contribution >= 4 is 5.91 Å². The molecule has 0 radical (unpaired) electrons. The van der Waals surface area contributed by atoms with Gasteiger partial charge in [-0.15, -0.1) is 0 Å². The topological polar surface area (TPSA) is 107 Å². The Hall–Kier alpha value is -1.89. The monoisotopic (exact) mass is 252 g/mol. The van der Waals surface area contributed by atoms with Gasteiger partial charge < -0.3 is 15.6 Å². The molecule has 7 nitrogen and oxygen atoms in total. The van der Waals surface area contributed by atoms with Crippen LogP contribution >= 0.6 is 0 Å². The lowest BCUT2D eigenvalue weighted by Gasteiger charge is -2.22. The van der Waals surface area contributed by atoms with Crippen LogP contribution in [0.3, 0.4) is 0 Å². The third-order valence-electron chi connectivity index (χ3n) is 3.01. The quantitative estimate of drug-likeness (QED) is 0.541. The number of H-pyrrole nitrogens is 2. The zero-order chi connectivity index (χ0) is 13.0. The lowest BCUT2D eigenvalue weighted by Crippen LogP contribution is -2.40. The molecule has 7 heteroatoms. The Bertz CT molecular complexity index is 528. The van der Waals surface area contributed by atoms with Crippen molar-refractivity contribution in [2.45, 2.75) is 12.8 Å². The van der Waals surface area contributed by atoms with Crippen LogP contribution < -0.4 is 21.9 Å². The van der Waals surface area contributed by atoms with Gasteiger partial charge in [0.2, 0.25) is 0 Å². The van der Waals surface area contributed by atoms with Gasteiger partial charge in [-0.1, -0.05) is 0 Å². The summed E-state index contributed by atoms with van der Waals surface area (Å²) in [5.41, 5.74) is -1.36. The van der Waals surface area contributed by atoms with E-state index in [0.717, 1.165) is 32.1 Å². The normalized spacial score (nSPS) is 19.4. The average molecular weight is 252 g/mol. The second kappa shape index (κ2) is 5.63. The van der Waals surface area contributed by atoms with E-state index >= 15 is 0 Å². The van der Waals surface area contributed by atoms with Gasteiger partial charge in [0, 0.05) is 12.7 Å². The van der Waals surface area contributed by atoms with Crippen LogP contribution in [0, 0.1) is 5.92 Å². The Labute approximate surface area is 103 Å². The second-order valence-electron chi connectivity index (χ2n) is 4.41. The smallest absolute Gasteiger partial charge is 0.325 e. The van der Waals surface area contributed by atoms with Crippen molar-refractivity contribution in [2.75, 3.05) is 19.6 Å². The van der Waals surface area contributed by atoms with Crippen molar-refractivity contribution in [3.05, 3.63) is 32.6 Å². The molecule has 1 unspecified atom stereocenters. The molecular weight excluding hydrogens is 236 g/mol. The van der Waals surface area contributed by atoms with Gasteiger partial charge in [-0.3, -0.25) is 14.6 Å². The summed E-state index contributed by atoms with van der Waals surface area (Å²) in [4.78, 5) is 38.2. The summed E-state index contributed by atoms with van der Waals surface area (Å²) in [7, 11) is 0. The molecule has 1 saturated heterocycles. The van der Waals surface area contributed by atoms with E-state index in [1.54, 1.807) is 0 Å². The minimum atomic E-state index is -0.669. The van der Waals surface area contributed by atoms with Crippen LogP contribution in [0.4, 0.5) is 0 Å². The molecule has 1 amide bonds. The number of hydrogen-bond acceptors (Lipinski definition) is 4. The van der Waals surface area contributed by atoms with Gasteiger partial charge in [0.1, 0.15) is 5.56 Å². The van der Waals surface area contributed by atoms with E-state index in [1.807, 2.05) is 4.98 Å². The first kappa shape index (κ1) is 12.6. The standard InChI is InChI=1S/C11H16N4O3/c16-9(8-6-14-11(18)15-10(8)17)13-5-7-2-1-3-12-4-7/h6-7,12H,1-5H2,(H,13,16)(H2,14,15,17,18). The number of rotatable bonds is 3. The maximum Gasteiger partial charge on any atom is 0.325 e. The van der Waals surface area contributed by atoms with Crippen LogP contribution in [-0.2, 0) is 0 Å². The number of hydrogen-bond donors (Lipinski definition) is 4. The highest BCUT2D eigenvalue weighted by Crippen LogP contribution is 2.08. The minimum absolute atomic E-state index is 0.0710. The summed E-state index contributed by atoms with van der Waals surface area (Å²) in [6, 6.07) is 0. The maximum absolute atomic E-state index is 11.7. The van der Waals surface area contributed by atoms with E-state index in [9.17, 15) is 14.4 Å². The number of aromatic nitrogens is 2. The van der Waals surface area contributed by atoms with Crippen molar-refractivity contribution in [2.24, 2.45) is 5.92 Å². The molecule has 1 fully saturated rings. The van der Waals surface area contributed by atoms with Gasteiger partial charge in [0.05, 0.1) is 0 Å². The number of piperidine rings is 1. The maximum atomic E-state index is 11.7. The van der Waals surface area contributed by atoms with Gasteiger partial charge >= 0.3 is 5.69 Å². The van der Waals surface area contributed by atoms with Crippen molar-refractivity contribution in [3.8, 4) is 0 Å². The molecule has 0 saturated carbocycles. The number of carbonyl (C=O) groups excluding carboxylic acids is 1. The van der Waals surface area contributed by atoms with Gasteiger partial charge in [-0.2, -0.15) is 0 Å². The SMILES string of the molecule is O=C(NCC1CCCNC1)c1c[nH]c(=O)[nH]c1=O. The lowest BCUT2D eigenvalue weighted by atomic mass is 10.00. The highest BCUT2D eigenvalue weighted by molar-refractivity contribution is 5.93. The largest absolute Gasteiger partial charge is 0.351 e. The molecule has 0 aliphatic carbocycles. The van der Waals surface area contributed by atoms with E-state index < -0.39 is 17.2 Å².